The second-order valence-corrected chi connectivity index (χ2v) is 26.2. The molecule has 0 spiro atoms. The van der Waals surface area contributed by atoms with Gasteiger partial charge < -0.3 is 124 Å². The second kappa shape index (κ2) is 47.2. The lowest BCUT2D eigenvalue weighted by atomic mass is 10.0. The molecule has 13 atom stereocenters. The predicted molar refractivity (Wildman–Crippen MR) is 377 cm³/mol. The van der Waals surface area contributed by atoms with E-state index in [-0.39, 0.29) is 119 Å². The number of carboxylic acids is 1. The van der Waals surface area contributed by atoms with Gasteiger partial charge in [-0.05, 0) is 127 Å². The molecule has 0 aliphatic heterocycles. The molecule has 0 aromatic heterocycles. The summed E-state index contributed by atoms with van der Waals surface area (Å²) in [6, 6.07) is -13.6. The van der Waals surface area contributed by atoms with Gasteiger partial charge in [0.1, 0.15) is 84.3 Å². The fourth-order valence-corrected chi connectivity index (χ4v) is 9.82. The molecule has 0 saturated carbocycles. The Morgan fingerprint density at radius 1 is 0.388 bits per heavy atom. The van der Waals surface area contributed by atoms with Crippen LogP contribution in [0.1, 0.15) is 139 Å². The number of carbonyl (C=O) groups is 14. The summed E-state index contributed by atoms with van der Waals surface area (Å²) in [5.41, 5.74) is 39.2. The molecule has 580 valence electrons. The van der Waals surface area contributed by atoms with Gasteiger partial charge >= 0.3 is 5.97 Å². The molecule has 1 aromatic carbocycles. The summed E-state index contributed by atoms with van der Waals surface area (Å²) in [7, 11) is 0. The number of phenols is 1. The van der Waals surface area contributed by atoms with Gasteiger partial charge in [0.25, 0.3) is 0 Å². The molecule has 0 bridgehead atoms. The number of carboxylic acid groups (broad SMARTS) is 1. The van der Waals surface area contributed by atoms with Crippen LogP contribution in [-0.4, -0.2) is 226 Å². The average Bonchev–Trinajstić information content (AvgIpc) is 0.866. The van der Waals surface area contributed by atoms with Crippen LogP contribution in [0.4, 0.5) is 0 Å². The van der Waals surface area contributed by atoms with Crippen molar-refractivity contribution in [1.82, 2.24) is 63.8 Å². The van der Waals surface area contributed by atoms with Crippen LogP contribution in [0.3, 0.4) is 0 Å². The number of aliphatic carboxylic acids is 1. The lowest BCUT2D eigenvalue weighted by molar-refractivity contribution is -0.142. The Hall–Kier alpha value is -10.0. The Bertz CT molecular complexity index is 3060. The number of carbonyl (C=O) groups excluding carboxylic acids is 13. The molecule has 0 heterocycles. The lowest BCUT2D eigenvalue weighted by Gasteiger charge is -2.28. The zero-order valence-electron chi connectivity index (χ0n) is 60.0. The number of aliphatic hydroxyl groups excluding tert-OH is 2. The molecule has 103 heavy (non-hydrogen) atoms. The number of aromatic hydroxyl groups is 1. The van der Waals surface area contributed by atoms with E-state index in [0.717, 1.165) is 0 Å². The van der Waals surface area contributed by atoms with Crippen LogP contribution < -0.4 is 104 Å². The van der Waals surface area contributed by atoms with Gasteiger partial charge in [-0.25, -0.2) is 0 Å². The number of amides is 13. The van der Waals surface area contributed by atoms with E-state index in [1.54, 1.807) is 41.5 Å². The highest BCUT2D eigenvalue weighted by atomic mass is 16.4. The van der Waals surface area contributed by atoms with Gasteiger partial charge in [-0.2, -0.15) is 0 Å². The van der Waals surface area contributed by atoms with E-state index in [4.69, 9.17) is 40.1 Å². The highest BCUT2D eigenvalue weighted by Gasteiger charge is 2.37. The third-order valence-electron chi connectivity index (χ3n) is 15.4. The predicted octanol–water partition coefficient (Wildman–Crippen LogP) is -7.54. The maximum atomic E-state index is 14.4. The van der Waals surface area contributed by atoms with Gasteiger partial charge in [0.15, 0.2) is 11.9 Å². The summed E-state index contributed by atoms with van der Waals surface area (Å²) >= 11 is 0. The molecule has 39 nitrogen and oxygen atoms in total. The van der Waals surface area contributed by atoms with Crippen molar-refractivity contribution in [3.8, 4) is 5.75 Å². The SMILES string of the molecule is CC(C)CC(NC(=O)C(N)CO)C(=O)NC(CO)C(=O)NC(CCCN=C(N)N)C(=O)NC(Cc1ccc(O)cc1)C(=O)NC(C)C(=O)NC(CCCCN)C(=O)NC(CC(C)C)C(=O)NC(C)C(=O)NC(CC(N)=O)C(=O)NC(CCCN=C(N)N)C(=O)NC(CC(C)C)C(=O)NC(C)C(=O)O. The Morgan fingerprint density at radius 3 is 1.09 bits per heavy atom. The van der Waals surface area contributed by atoms with E-state index in [0.29, 0.717) is 12.0 Å². The van der Waals surface area contributed by atoms with E-state index < -0.39 is 181 Å². The monoisotopic (exact) mass is 1460 g/mol. The number of aliphatic hydroxyl groups is 2. The van der Waals surface area contributed by atoms with Gasteiger partial charge in [-0.1, -0.05) is 53.7 Å². The van der Waals surface area contributed by atoms with Crippen LogP contribution in [0.2, 0.25) is 0 Å². The number of nitrogens with two attached hydrogens (primary N) is 7. The maximum absolute atomic E-state index is 14.4. The van der Waals surface area contributed by atoms with Crippen molar-refractivity contribution in [3.05, 3.63) is 29.8 Å². The summed E-state index contributed by atoms with van der Waals surface area (Å²) in [5.74, 6) is -15.3. The number of phenolic OH excluding ortho intramolecular Hbond substituents is 1. The quantitative estimate of drug-likeness (QED) is 0.0164. The van der Waals surface area contributed by atoms with Crippen molar-refractivity contribution in [2.24, 2.45) is 67.9 Å². The number of guanidine groups is 2. The topological polar surface area (TPSA) is 671 Å². The minimum Gasteiger partial charge on any atom is -0.508 e. The minimum absolute atomic E-state index is 0.0242. The van der Waals surface area contributed by atoms with Gasteiger partial charge in [-0.3, -0.25) is 77.1 Å². The number of unbranched alkanes of at least 4 members (excludes halogenated alkanes) is 1. The van der Waals surface area contributed by atoms with Crippen LogP contribution in [-0.2, 0) is 73.5 Å². The van der Waals surface area contributed by atoms with E-state index in [1.165, 1.54) is 45.0 Å². The molecule has 13 amide bonds. The first-order valence-corrected chi connectivity index (χ1v) is 34.0. The molecular formula is C64H111N21O18. The number of hydrogen-bond acceptors (Lipinski definition) is 21. The molecule has 0 aliphatic carbocycles. The average molecular weight is 1460 g/mol. The van der Waals surface area contributed by atoms with Crippen LogP contribution in [0, 0.1) is 17.8 Å². The smallest absolute Gasteiger partial charge is 0.325 e. The standard InChI is InChI=1S/C64H111N21O18/c1-31(2)24-43(56(96)74-35(8)51(91)80-47(28-49(67)89)60(100)78-41(15-12-22-72-63(68)69)54(94)83-44(25-32(3)4)57(97)76-36(9)62(102)103)82-53(93)40(14-10-11-21-65)77-50(90)34(7)75-58(98)46(27-37-17-19-38(88)20-18-37)84-55(95)42(16-13-23-73-64(70)71)79-61(101)48(30-87)85-59(99)45(26-33(5)6)81-52(92)39(66)29-86/h17-20,31-36,39-48,86-88H,10-16,21-30,65-66H2,1-9H3,(H2,67,89)(H,74,96)(H,75,98)(H,76,97)(H,77,90)(H,78,100)(H,79,101)(H,80,91)(H,81,92)(H,82,93)(H,83,94)(H,84,95)(H,85,99)(H,102,103)(H4,68,69,72)(H4,70,71,73). The molecule has 0 fully saturated rings. The Morgan fingerprint density at radius 2 is 0.709 bits per heavy atom. The van der Waals surface area contributed by atoms with Crippen LogP contribution in [0.15, 0.2) is 34.3 Å². The number of benzene rings is 1. The first-order chi connectivity index (χ1) is 48.2. The Balaban J connectivity index is 3.58. The minimum atomic E-state index is -1.78. The van der Waals surface area contributed by atoms with Crippen molar-refractivity contribution in [1.29, 1.82) is 0 Å². The first-order valence-electron chi connectivity index (χ1n) is 34.0. The van der Waals surface area contributed by atoms with Crippen LogP contribution >= 0.6 is 0 Å². The molecule has 1 rings (SSSR count). The molecule has 30 N–H and O–H groups in total. The van der Waals surface area contributed by atoms with Crippen molar-refractivity contribution >= 4 is 94.7 Å². The van der Waals surface area contributed by atoms with Crippen LogP contribution in [0.25, 0.3) is 0 Å². The zero-order chi connectivity index (χ0) is 78.4. The lowest BCUT2D eigenvalue weighted by Crippen LogP contribution is -2.61. The molecule has 0 saturated heterocycles. The summed E-state index contributed by atoms with van der Waals surface area (Å²) in [6.07, 6.45) is -0.782. The second-order valence-electron chi connectivity index (χ2n) is 26.2. The number of hydrogen-bond donors (Lipinski definition) is 23. The van der Waals surface area contributed by atoms with Crippen molar-refractivity contribution in [2.45, 2.75) is 218 Å². The molecular weight excluding hydrogens is 1350 g/mol. The van der Waals surface area contributed by atoms with E-state index in [2.05, 4.69) is 73.8 Å². The van der Waals surface area contributed by atoms with Crippen molar-refractivity contribution < 1.29 is 87.5 Å². The van der Waals surface area contributed by atoms with Crippen molar-refractivity contribution in [3.63, 3.8) is 0 Å². The third kappa shape index (κ3) is 36.4. The molecule has 39 heteroatoms. The number of nitrogens with zero attached hydrogens (tertiary/aromatic N) is 2. The largest absolute Gasteiger partial charge is 0.508 e. The summed E-state index contributed by atoms with van der Waals surface area (Å²) in [6.45, 7) is 12.5. The first kappa shape index (κ1) is 91.0. The number of primary amides is 1. The summed E-state index contributed by atoms with van der Waals surface area (Å²) in [4.78, 5) is 198. The highest BCUT2D eigenvalue weighted by Crippen LogP contribution is 2.15. The molecule has 1 aromatic rings. The third-order valence-corrected chi connectivity index (χ3v) is 15.4. The van der Waals surface area contributed by atoms with Crippen molar-refractivity contribution in [2.75, 3.05) is 32.8 Å². The zero-order valence-corrected chi connectivity index (χ0v) is 60.0. The molecule has 0 radical (unpaired) electrons. The highest BCUT2D eigenvalue weighted by molar-refractivity contribution is 6.00. The summed E-state index contributed by atoms with van der Waals surface area (Å²) in [5, 5.41) is 68.9. The normalized spacial score (nSPS) is 14.9. The molecule has 0 aliphatic rings. The number of aliphatic imine (C=N–C) groups is 2. The van der Waals surface area contributed by atoms with E-state index in [9.17, 15) is 87.5 Å². The van der Waals surface area contributed by atoms with Gasteiger partial charge in [0.05, 0.1) is 19.6 Å². The van der Waals surface area contributed by atoms with E-state index >= 15 is 0 Å². The molecule has 13 unspecified atom stereocenters. The number of nitrogens with one attached hydrogen (secondary N) is 12. The fourth-order valence-electron chi connectivity index (χ4n) is 9.82. The van der Waals surface area contributed by atoms with Gasteiger partial charge in [-0.15, -0.1) is 0 Å². The van der Waals surface area contributed by atoms with E-state index in [1.807, 2.05) is 0 Å². The Kier molecular flexibility index (Phi) is 41.7. The fraction of sp³-hybridized carbons (Fsp3) is 0.656. The Labute approximate surface area is 598 Å². The van der Waals surface area contributed by atoms with Gasteiger partial charge in [0.2, 0.25) is 76.8 Å². The summed E-state index contributed by atoms with van der Waals surface area (Å²) < 4.78 is 0. The maximum Gasteiger partial charge on any atom is 0.325 e. The number of rotatable bonds is 49. The van der Waals surface area contributed by atoms with Gasteiger partial charge in [0, 0.05) is 19.5 Å². The van der Waals surface area contributed by atoms with Crippen LogP contribution in [0.5, 0.6) is 5.75 Å².